The first-order valence-electron chi connectivity index (χ1n) is 10.9. The van der Waals surface area contributed by atoms with Crippen molar-refractivity contribution in [1.29, 1.82) is 0 Å². The standard InChI is InChI=1S/C21H33N4O6PS/c1-7-29-19(26)13(5)24-32(28,25-14(6)20(27)30-8-2)17-10-9-15(31-17)18-16(11-12(3)4)33-21(22)23-18/h9-10,12-14H,7-8,11H2,1-6H3,(H2,22,23)(H2,24,25,28)/t13-,14-/m1/s1. The number of esters is 2. The summed E-state index contributed by atoms with van der Waals surface area (Å²) in [4.78, 5) is 29.7. The number of nitrogens with one attached hydrogen (secondary N) is 2. The molecule has 2 aromatic rings. The minimum absolute atomic E-state index is 0.0341. The maximum atomic E-state index is 14.0. The number of ether oxygens (including phenoxy) is 2. The van der Waals surface area contributed by atoms with Gasteiger partial charge in [-0.15, -0.1) is 11.3 Å². The van der Waals surface area contributed by atoms with Gasteiger partial charge in [-0.3, -0.25) is 14.2 Å². The van der Waals surface area contributed by atoms with Crippen LogP contribution in [0.1, 0.15) is 46.4 Å². The number of carbonyl (C=O) groups excluding carboxylic acids is 2. The fraction of sp³-hybridized carbons (Fsp3) is 0.571. The summed E-state index contributed by atoms with van der Waals surface area (Å²) in [7, 11) is -3.80. The minimum Gasteiger partial charge on any atom is -0.465 e. The summed E-state index contributed by atoms with van der Waals surface area (Å²) < 4.78 is 30.0. The summed E-state index contributed by atoms with van der Waals surface area (Å²) in [6, 6.07) is 1.31. The number of anilines is 1. The van der Waals surface area contributed by atoms with Crippen LogP contribution in [0.3, 0.4) is 0 Å². The van der Waals surface area contributed by atoms with E-state index in [9.17, 15) is 14.2 Å². The smallest absolute Gasteiger partial charge is 0.323 e. The topological polar surface area (TPSA) is 146 Å². The van der Waals surface area contributed by atoms with Crippen LogP contribution >= 0.6 is 18.8 Å². The minimum atomic E-state index is -3.80. The first-order valence-corrected chi connectivity index (χ1v) is 13.4. The third kappa shape index (κ3) is 7.14. The van der Waals surface area contributed by atoms with E-state index in [0.717, 1.165) is 11.3 Å². The molecule has 2 rings (SSSR count). The first-order chi connectivity index (χ1) is 15.5. The average Bonchev–Trinajstić information content (AvgIpc) is 3.34. The Labute approximate surface area is 198 Å². The Balaban J connectivity index is 2.42. The van der Waals surface area contributed by atoms with E-state index in [1.165, 1.54) is 31.3 Å². The van der Waals surface area contributed by atoms with E-state index < -0.39 is 31.5 Å². The van der Waals surface area contributed by atoms with E-state index >= 15 is 0 Å². The lowest BCUT2D eigenvalue weighted by molar-refractivity contribution is -0.145. The zero-order valence-corrected chi connectivity index (χ0v) is 21.5. The summed E-state index contributed by atoms with van der Waals surface area (Å²) in [6.45, 7) is 10.9. The van der Waals surface area contributed by atoms with E-state index in [4.69, 9.17) is 19.6 Å². The molecule has 0 saturated carbocycles. The molecule has 0 aromatic carbocycles. The van der Waals surface area contributed by atoms with Gasteiger partial charge in [-0.25, -0.2) is 15.2 Å². The number of rotatable bonds is 12. The molecule has 0 spiro atoms. The van der Waals surface area contributed by atoms with Crippen LogP contribution in [-0.2, 0) is 30.0 Å². The van der Waals surface area contributed by atoms with Gasteiger partial charge < -0.3 is 19.6 Å². The Morgan fingerprint density at radius 1 is 1.09 bits per heavy atom. The van der Waals surface area contributed by atoms with E-state index in [1.54, 1.807) is 19.9 Å². The van der Waals surface area contributed by atoms with Gasteiger partial charge in [-0.05, 0) is 52.2 Å². The van der Waals surface area contributed by atoms with Crippen molar-refractivity contribution in [2.75, 3.05) is 18.9 Å². The van der Waals surface area contributed by atoms with Gasteiger partial charge in [0.1, 0.15) is 17.8 Å². The van der Waals surface area contributed by atoms with Crippen LogP contribution in [0.15, 0.2) is 16.5 Å². The molecular formula is C21H33N4O6PS. The van der Waals surface area contributed by atoms with Crippen LogP contribution < -0.4 is 21.4 Å². The third-order valence-electron chi connectivity index (χ3n) is 4.47. The number of hydrogen-bond donors (Lipinski definition) is 3. The second-order valence-electron chi connectivity index (χ2n) is 7.87. The van der Waals surface area contributed by atoms with Crippen LogP contribution in [0.2, 0.25) is 0 Å². The van der Waals surface area contributed by atoms with Crippen molar-refractivity contribution in [1.82, 2.24) is 15.2 Å². The molecule has 2 atom stereocenters. The zero-order valence-electron chi connectivity index (χ0n) is 19.8. The van der Waals surface area contributed by atoms with Crippen molar-refractivity contribution in [3.05, 3.63) is 17.0 Å². The average molecular weight is 501 g/mol. The third-order valence-corrected chi connectivity index (χ3v) is 7.74. The summed E-state index contributed by atoms with van der Waals surface area (Å²) >= 11 is 1.38. The summed E-state index contributed by atoms with van der Waals surface area (Å²) in [5.74, 6) is -0.392. The first kappa shape index (κ1) is 27.0. The molecule has 0 aliphatic heterocycles. The van der Waals surface area contributed by atoms with Crippen LogP contribution in [0.4, 0.5) is 5.13 Å². The number of thiazole rings is 1. The molecule has 2 aromatic heterocycles. The number of nitrogen functional groups attached to an aromatic ring is 1. The number of hydrogen-bond acceptors (Lipinski definition) is 9. The van der Waals surface area contributed by atoms with Gasteiger partial charge in [-0.1, -0.05) is 13.8 Å². The molecule has 0 fully saturated rings. The maximum absolute atomic E-state index is 14.0. The predicted molar refractivity (Wildman–Crippen MR) is 128 cm³/mol. The Bertz CT molecular complexity index is 975. The van der Waals surface area contributed by atoms with Crippen LogP contribution in [0.25, 0.3) is 11.5 Å². The quantitative estimate of drug-likeness (QED) is 0.293. The van der Waals surface area contributed by atoms with E-state index in [1.807, 2.05) is 0 Å². The molecule has 0 aliphatic rings. The van der Waals surface area contributed by atoms with E-state index in [2.05, 4.69) is 29.0 Å². The molecule has 10 nitrogen and oxygen atoms in total. The van der Waals surface area contributed by atoms with Gasteiger partial charge in [0, 0.05) is 4.88 Å². The lowest BCUT2D eigenvalue weighted by Gasteiger charge is -2.24. The van der Waals surface area contributed by atoms with Crippen molar-refractivity contribution in [2.45, 2.75) is 60.0 Å². The summed E-state index contributed by atoms with van der Waals surface area (Å²) in [5, 5.41) is 5.94. The van der Waals surface area contributed by atoms with Gasteiger partial charge in [0.25, 0.3) is 7.44 Å². The Kier molecular flexibility index (Phi) is 9.66. The maximum Gasteiger partial charge on any atom is 0.323 e. The molecule has 0 radical (unpaired) electrons. The number of carbonyl (C=O) groups is 2. The molecule has 12 heteroatoms. The molecule has 0 bridgehead atoms. The van der Waals surface area contributed by atoms with Crippen molar-refractivity contribution in [3.63, 3.8) is 0 Å². The fourth-order valence-electron chi connectivity index (χ4n) is 3.05. The lowest BCUT2D eigenvalue weighted by atomic mass is 10.1. The number of nitrogens with two attached hydrogens (primary N) is 1. The van der Waals surface area contributed by atoms with Gasteiger partial charge in [0.15, 0.2) is 16.4 Å². The fourth-order valence-corrected chi connectivity index (χ4v) is 6.24. The zero-order chi connectivity index (χ0) is 24.8. The molecule has 4 N–H and O–H groups in total. The second kappa shape index (κ2) is 11.8. The molecule has 0 aliphatic carbocycles. The van der Waals surface area contributed by atoms with Crippen LogP contribution in [-0.4, -0.2) is 42.2 Å². The Morgan fingerprint density at radius 3 is 2.12 bits per heavy atom. The van der Waals surface area contributed by atoms with Gasteiger partial charge in [-0.2, -0.15) is 0 Å². The van der Waals surface area contributed by atoms with Crippen molar-refractivity contribution < 1.29 is 28.0 Å². The molecular weight excluding hydrogens is 467 g/mol. The van der Waals surface area contributed by atoms with Gasteiger partial charge >= 0.3 is 11.9 Å². The molecule has 0 saturated heterocycles. The monoisotopic (exact) mass is 500 g/mol. The van der Waals surface area contributed by atoms with Gasteiger partial charge in [0.05, 0.1) is 13.2 Å². The molecule has 2 heterocycles. The molecule has 33 heavy (non-hydrogen) atoms. The van der Waals surface area contributed by atoms with Crippen molar-refractivity contribution >= 4 is 41.4 Å². The molecule has 0 unspecified atom stereocenters. The van der Waals surface area contributed by atoms with E-state index in [-0.39, 0.29) is 18.7 Å². The Hall–Kier alpha value is -2.20. The highest BCUT2D eigenvalue weighted by atomic mass is 32.1. The summed E-state index contributed by atoms with van der Waals surface area (Å²) in [6.07, 6.45) is 0.758. The van der Waals surface area contributed by atoms with Crippen molar-refractivity contribution in [3.8, 4) is 11.5 Å². The molecule has 184 valence electrons. The number of aromatic nitrogens is 1. The highest BCUT2D eigenvalue weighted by Gasteiger charge is 2.36. The second-order valence-corrected chi connectivity index (χ2v) is 11.2. The molecule has 0 amide bonds. The highest BCUT2D eigenvalue weighted by Crippen LogP contribution is 2.40. The predicted octanol–water partition coefficient (Wildman–Crippen LogP) is 3.08. The summed E-state index contributed by atoms with van der Waals surface area (Å²) in [5.41, 5.74) is 6.54. The number of nitrogens with zero attached hydrogens (tertiary/aromatic N) is 1. The SMILES string of the molecule is CCOC(=O)[C@@H](C)NP(=O)(N[C@H](C)C(=O)OCC)c1ccc(-c2nc(N)sc2CC(C)C)o1. The van der Waals surface area contributed by atoms with Crippen molar-refractivity contribution in [2.24, 2.45) is 5.92 Å². The van der Waals surface area contributed by atoms with Gasteiger partial charge in [0.2, 0.25) is 0 Å². The lowest BCUT2D eigenvalue weighted by Crippen LogP contribution is -2.44. The van der Waals surface area contributed by atoms with E-state index in [0.29, 0.717) is 22.5 Å². The number of furan rings is 1. The normalized spacial score (nSPS) is 13.7. The Morgan fingerprint density at radius 2 is 1.64 bits per heavy atom. The highest BCUT2D eigenvalue weighted by molar-refractivity contribution is 7.67. The van der Waals surface area contributed by atoms with Crippen LogP contribution in [0, 0.1) is 5.92 Å². The largest absolute Gasteiger partial charge is 0.465 e. The van der Waals surface area contributed by atoms with Crippen LogP contribution in [0.5, 0.6) is 0 Å².